The quantitative estimate of drug-likeness (QED) is 0.623. The van der Waals surface area contributed by atoms with E-state index in [9.17, 15) is 17.6 Å². The lowest BCUT2D eigenvalue weighted by atomic mass is 10.1. The molecule has 0 spiro atoms. The number of halogens is 1. The molecule has 7 heteroatoms. The zero-order chi connectivity index (χ0) is 21.9. The zero-order valence-corrected chi connectivity index (χ0v) is 17.8. The number of hydrogen-bond donors (Lipinski definition) is 1. The fourth-order valence-corrected chi connectivity index (χ4v) is 3.92. The first kappa shape index (κ1) is 21.5. The van der Waals surface area contributed by atoms with Gasteiger partial charge in [0.05, 0.1) is 18.5 Å². The predicted molar refractivity (Wildman–Crippen MR) is 118 cm³/mol. The second kappa shape index (κ2) is 8.67. The topological polar surface area (TPSA) is 66.5 Å². The van der Waals surface area contributed by atoms with Crippen molar-refractivity contribution in [3.63, 3.8) is 0 Å². The monoisotopic (exact) mass is 426 g/mol. The molecule has 156 valence electrons. The summed E-state index contributed by atoms with van der Waals surface area (Å²) in [6.45, 7) is 3.83. The molecule has 0 bridgehead atoms. The van der Waals surface area contributed by atoms with Gasteiger partial charge in [0.15, 0.2) is 0 Å². The van der Waals surface area contributed by atoms with Gasteiger partial charge < -0.3 is 5.32 Å². The summed E-state index contributed by atoms with van der Waals surface area (Å²) in [6, 6.07) is 18.1. The number of carbonyl (C=O) groups excluding carboxylic acids is 1. The fraction of sp³-hybridized carbons (Fsp3) is 0.174. The maximum Gasteiger partial charge on any atom is 0.255 e. The van der Waals surface area contributed by atoms with E-state index in [4.69, 9.17) is 0 Å². The van der Waals surface area contributed by atoms with Crippen LogP contribution in [-0.4, -0.2) is 20.6 Å². The lowest BCUT2D eigenvalue weighted by Crippen LogP contribution is -2.30. The molecule has 5 nitrogen and oxygen atoms in total. The molecule has 1 amide bonds. The highest BCUT2D eigenvalue weighted by atomic mass is 32.2. The van der Waals surface area contributed by atoms with E-state index in [2.05, 4.69) is 5.32 Å². The van der Waals surface area contributed by atoms with Crippen molar-refractivity contribution in [2.45, 2.75) is 20.4 Å². The molecule has 3 aromatic carbocycles. The molecule has 0 unspecified atom stereocenters. The molecule has 0 saturated heterocycles. The van der Waals surface area contributed by atoms with Crippen molar-refractivity contribution < 1.29 is 17.6 Å². The lowest BCUT2D eigenvalue weighted by Gasteiger charge is -2.23. The van der Waals surface area contributed by atoms with E-state index < -0.39 is 15.8 Å². The van der Waals surface area contributed by atoms with Gasteiger partial charge in [-0.05, 0) is 60.9 Å². The van der Waals surface area contributed by atoms with Gasteiger partial charge in [-0.25, -0.2) is 12.8 Å². The third-order valence-corrected chi connectivity index (χ3v) is 5.83. The average Bonchev–Trinajstić information content (AvgIpc) is 2.69. The molecule has 30 heavy (non-hydrogen) atoms. The number of aryl methyl sites for hydroxylation is 2. The number of benzene rings is 3. The Balaban J connectivity index is 1.80. The Morgan fingerprint density at radius 2 is 1.67 bits per heavy atom. The van der Waals surface area contributed by atoms with Gasteiger partial charge in [0.2, 0.25) is 10.0 Å². The van der Waals surface area contributed by atoms with Crippen molar-refractivity contribution in [1.82, 2.24) is 0 Å². The summed E-state index contributed by atoms with van der Waals surface area (Å²) in [6.07, 6.45) is 1.03. The van der Waals surface area contributed by atoms with E-state index in [1.807, 2.05) is 32.0 Å². The van der Waals surface area contributed by atoms with E-state index in [1.54, 1.807) is 30.3 Å². The van der Waals surface area contributed by atoms with Crippen LogP contribution in [0.2, 0.25) is 0 Å². The maximum atomic E-state index is 14.2. The zero-order valence-electron chi connectivity index (χ0n) is 17.0. The average molecular weight is 427 g/mol. The number of rotatable bonds is 6. The summed E-state index contributed by atoms with van der Waals surface area (Å²) in [4.78, 5) is 12.6. The van der Waals surface area contributed by atoms with E-state index in [-0.39, 0.29) is 18.1 Å². The van der Waals surface area contributed by atoms with Gasteiger partial charge in [-0.1, -0.05) is 36.4 Å². The van der Waals surface area contributed by atoms with Gasteiger partial charge in [0, 0.05) is 11.3 Å². The molecule has 0 heterocycles. The van der Waals surface area contributed by atoms with E-state index in [0.29, 0.717) is 11.1 Å². The Kier molecular flexibility index (Phi) is 6.22. The summed E-state index contributed by atoms with van der Waals surface area (Å²) in [5.41, 5.74) is 3.80. The number of nitrogens with one attached hydrogen (secondary N) is 1. The van der Waals surface area contributed by atoms with Crippen LogP contribution in [-0.2, 0) is 16.6 Å². The first-order chi connectivity index (χ1) is 14.1. The maximum absolute atomic E-state index is 14.2. The normalized spacial score (nSPS) is 11.2. The number of amides is 1. The van der Waals surface area contributed by atoms with Gasteiger partial charge in [-0.15, -0.1) is 0 Å². The summed E-state index contributed by atoms with van der Waals surface area (Å²) >= 11 is 0. The Morgan fingerprint density at radius 3 is 2.30 bits per heavy atom. The van der Waals surface area contributed by atoms with Crippen molar-refractivity contribution in [2.75, 3.05) is 15.9 Å². The van der Waals surface area contributed by atoms with Crippen molar-refractivity contribution in [2.24, 2.45) is 0 Å². The number of para-hydroxylation sites is 1. The Labute approximate surface area is 176 Å². The minimum Gasteiger partial charge on any atom is -0.322 e. The van der Waals surface area contributed by atoms with E-state index in [1.165, 1.54) is 18.2 Å². The molecule has 0 aliphatic heterocycles. The molecule has 0 fully saturated rings. The molecule has 0 atom stereocenters. The highest BCUT2D eigenvalue weighted by Crippen LogP contribution is 2.24. The standard InChI is InChI=1S/C23H23FN2O3S/c1-16-8-9-17(2)21(14-16)25-23(27)19-12-10-18(11-13-19)15-26(30(3,28)29)22-7-5-4-6-20(22)24/h4-14H,15H2,1-3H3,(H,25,27). The number of anilines is 2. The predicted octanol–water partition coefficient (Wildman–Crippen LogP) is 4.66. The largest absolute Gasteiger partial charge is 0.322 e. The third kappa shape index (κ3) is 5.04. The second-order valence-corrected chi connectivity index (χ2v) is 9.10. The van der Waals surface area contributed by atoms with Crippen LogP contribution in [0.3, 0.4) is 0 Å². The van der Waals surface area contributed by atoms with Crippen LogP contribution < -0.4 is 9.62 Å². The first-order valence-electron chi connectivity index (χ1n) is 9.35. The van der Waals surface area contributed by atoms with Crippen LogP contribution in [0.5, 0.6) is 0 Å². The van der Waals surface area contributed by atoms with Crippen LogP contribution in [0.1, 0.15) is 27.0 Å². The third-order valence-electron chi connectivity index (χ3n) is 4.71. The smallest absolute Gasteiger partial charge is 0.255 e. The fourth-order valence-electron chi connectivity index (χ4n) is 3.03. The molecule has 0 aliphatic carbocycles. The first-order valence-corrected chi connectivity index (χ1v) is 11.2. The lowest BCUT2D eigenvalue weighted by molar-refractivity contribution is 0.102. The minimum absolute atomic E-state index is 0.0169. The van der Waals surface area contributed by atoms with Gasteiger partial charge in [-0.3, -0.25) is 9.10 Å². The van der Waals surface area contributed by atoms with Crippen LogP contribution in [0, 0.1) is 19.7 Å². The SMILES string of the molecule is Cc1ccc(C)c(NC(=O)c2ccc(CN(c3ccccc3F)S(C)(=O)=O)cc2)c1. The van der Waals surface area contributed by atoms with E-state index in [0.717, 1.165) is 27.4 Å². The molecule has 3 aromatic rings. The van der Waals surface area contributed by atoms with Crippen LogP contribution in [0.25, 0.3) is 0 Å². The summed E-state index contributed by atoms with van der Waals surface area (Å²) in [5, 5.41) is 2.89. The summed E-state index contributed by atoms with van der Waals surface area (Å²) < 4.78 is 39.6. The van der Waals surface area contributed by atoms with Gasteiger partial charge >= 0.3 is 0 Å². The van der Waals surface area contributed by atoms with Gasteiger partial charge in [0.1, 0.15) is 5.82 Å². The van der Waals surface area contributed by atoms with Crippen LogP contribution in [0.4, 0.5) is 15.8 Å². The molecule has 1 N–H and O–H groups in total. The molecule has 3 rings (SSSR count). The van der Waals surface area contributed by atoms with Crippen LogP contribution >= 0.6 is 0 Å². The number of sulfonamides is 1. The second-order valence-electron chi connectivity index (χ2n) is 7.19. The van der Waals surface area contributed by atoms with Crippen molar-refractivity contribution in [3.8, 4) is 0 Å². The molecular weight excluding hydrogens is 403 g/mol. The molecule has 0 aromatic heterocycles. The summed E-state index contributed by atoms with van der Waals surface area (Å²) in [7, 11) is -3.70. The number of hydrogen-bond acceptors (Lipinski definition) is 3. The molecular formula is C23H23FN2O3S. The van der Waals surface area contributed by atoms with Crippen molar-refractivity contribution >= 4 is 27.3 Å². The van der Waals surface area contributed by atoms with Crippen LogP contribution in [0.15, 0.2) is 66.7 Å². The molecule has 0 radical (unpaired) electrons. The highest BCUT2D eigenvalue weighted by molar-refractivity contribution is 7.92. The van der Waals surface area contributed by atoms with Gasteiger partial charge in [0.25, 0.3) is 5.91 Å². The van der Waals surface area contributed by atoms with Crippen molar-refractivity contribution in [1.29, 1.82) is 0 Å². The molecule has 0 saturated carbocycles. The number of nitrogens with zero attached hydrogens (tertiary/aromatic N) is 1. The Bertz CT molecular complexity index is 1180. The number of carbonyl (C=O) groups is 1. The van der Waals surface area contributed by atoms with Gasteiger partial charge in [-0.2, -0.15) is 0 Å². The van der Waals surface area contributed by atoms with E-state index >= 15 is 0 Å². The van der Waals surface area contributed by atoms with Crippen molar-refractivity contribution in [3.05, 3.63) is 94.8 Å². The Hall–Kier alpha value is -3.19. The Morgan fingerprint density at radius 1 is 1.00 bits per heavy atom. The summed E-state index contributed by atoms with van der Waals surface area (Å²) in [5.74, 6) is -0.878. The highest BCUT2D eigenvalue weighted by Gasteiger charge is 2.21. The minimum atomic E-state index is -3.70. The molecule has 0 aliphatic rings.